The molecule has 0 spiro atoms. The first kappa shape index (κ1) is 22.2. The van der Waals surface area contributed by atoms with Gasteiger partial charge in [0.05, 0.1) is 13.2 Å². The summed E-state index contributed by atoms with van der Waals surface area (Å²) in [4.78, 5) is 4.06. The Morgan fingerprint density at radius 2 is 1.48 bits per heavy atom. The van der Waals surface area contributed by atoms with Crippen LogP contribution >= 0.6 is 0 Å². The average molecular weight is 409 g/mol. The van der Waals surface area contributed by atoms with Crippen molar-refractivity contribution in [2.45, 2.75) is 83.8 Å². The van der Waals surface area contributed by atoms with Crippen LogP contribution in [0, 0.1) is 0 Å². The molecule has 0 aliphatic carbocycles. The van der Waals surface area contributed by atoms with Gasteiger partial charge in [-0.3, -0.25) is 4.90 Å². The van der Waals surface area contributed by atoms with Crippen LogP contribution in [0.3, 0.4) is 0 Å². The van der Waals surface area contributed by atoms with E-state index in [0.717, 1.165) is 6.54 Å². The summed E-state index contributed by atoms with van der Waals surface area (Å²) in [6.45, 7) is 3.33. The van der Waals surface area contributed by atoms with E-state index in [1.54, 1.807) is 0 Å². The molecule has 0 aromatic heterocycles. The maximum atomic E-state index is 2.52. The van der Waals surface area contributed by atoms with Gasteiger partial charge in [-0.05, 0) is 12.0 Å². The Kier molecular flexibility index (Phi) is 11.9. The highest BCUT2D eigenvalue weighted by atomic mass is 79.9. The molecule has 142 valence electrons. The van der Waals surface area contributed by atoms with Gasteiger partial charge < -0.3 is 21.9 Å². The molecular formula is C22H37BrN2. The Morgan fingerprint density at radius 3 is 2.12 bits per heavy atom. The molecule has 1 N–H and O–H groups in total. The van der Waals surface area contributed by atoms with Crippen LogP contribution in [0.5, 0.6) is 0 Å². The van der Waals surface area contributed by atoms with Crippen LogP contribution in [0.2, 0.25) is 0 Å². The van der Waals surface area contributed by atoms with E-state index in [2.05, 4.69) is 61.6 Å². The maximum absolute atomic E-state index is 2.52. The number of rotatable bonds is 12. The molecule has 0 radical (unpaired) electrons. The second kappa shape index (κ2) is 13.4. The number of hydrogen-bond donors (Lipinski definition) is 1. The molecule has 1 aromatic carbocycles. The number of nitrogens with one attached hydrogen (secondary N) is 1. The van der Waals surface area contributed by atoms with Crippen molar-refractivity contribution in [1.82, 2.24) is 4.90 Å². The number of quaternary nitrogens is 1. The maximum Gasteiger partial charge on any atom is 0.167 e. The van der Waals surface area contributed by atoms with Gasteiger partial charge >= 0.3 is 0 Å². The van der Waals surface area contributed by atoms with Crippen molar-refractivity contribution in [2.24, 2.45) is 0 Å². The van der Waals surface area contributed by atoms with Crippen molar-refractivity contribution < 1.29 is 21.9 Å². The van der Waals surface area contributed by atoms with Gasteiger partial charge in [0, 0.05) is 13.0 Å². The van der Waals surface area contributed by atoms with Gasteiger partial charge in [0.15, 0.2) is 6.17 Å². The van der Waals surface area contributed by atoms with Crippen molar-refractivity contribution in [1.29, 1.82) is 0 Å². The lowest BCUT2D eigenvalue weighted by Crippen LogP contribution is -3.08. The first-order valence-electron chi connectivity index (χ1n) is 10.1. The monoisotopic (exact) mass is 408 g/mol. The third kappa shape index (κ3) is 8.42. The zero-order chi connectivity index (χ0) is 17.0. The molecule has 0 amide bonds. The number of unbranched alkanes of at least 4 members (excludes halogenated alkanes) is 8. The van der Waals surface area contributed by atoms with Crippen molar-refractivity contribution >= 4 is 0 Å². The summed E-state index contributed by atoms with van der Waals surface area (Å²) in [6.07, 6.45) is 19.2. The fourth-order valence-corrected chi connectivity index (χ4v) is 3.69. The summed E-state index contributed by atoms with van der Waals surface area (Å²) in [5.74, 6) is 0. The number of nitrogens with zero attached hydrogens (tertiary/aromatic N) is 1. The Balaban J connectivity index is 0.00000312. The van der Waals surface area contributed by atoms with Crippen molar-refractivity contribution in [3.63, 3.8) is 0 Å². The summed E-state index contributed by atoms with van der Waals surface area (Å²) in [7, 11) is 2.29. The standard InChI is InChI=1S/C22H36N2.BrH/c1-3-4-5-6-7-8-9-10-14-17-22-23(2)18-19-24(22)20-21-15-12-11-13-16-21;/h11-13,15-16,18-19,22H,3-10,14,17,20H2,1-2H3;1H. The normalized spacial score (nSPS) is 19.2. The van der Waals surface area contributed by atoms with Crippen molar-refractivity contribution in [3.05, 3.63) is 48.3 Å². The summed E-state index contributed by atoms with van der Waals surface area (Å²) < 4.78 is 0. The summed E-state index contributed by atoms with van der Waals surface area (Å²) in [6, 6.07) is 10.8. The molecule has 1 heterocycles. The van der Waals surface area contributed by atoms with Crippen LogP contribution < -0.4 is 21.9 Å². The second-order valence-corrected chi connectivity index (χ2v) is 7.35. The zero-order valence-electron chi connectivity index (χ0n) is 16.2. The van der Waals surface area contributed by atoms with E-state index < -0.39 is 0 Å². The lowest BCUT2D eigenvalue weighted by Gasteiger charge is -2.26. The van der Waals surface area contributed by atoms with Gasteiger partial charge in [-0.2, -0.15) is 0 Å². The van der Waals surface area contributed by atoms with E-state index in [4.69, 9.17) is 0 Å². The molecule has 1 aromatic rings. The van der Waals surface area contributed by atoms with Crippen LogP contribution in [-0.2, 0) is 6.54 Å². The Morgan fingerprint density at radius 1 is 0.880 bits per heavy atom. The van der Waals surface area contributed by atoms with E-state index in [1.165, 1.54) is 74.7 Å². The predicted octanol–water partition coefficient (Wildman–Crippen LogP) is 1.74. The molecule has 0 saturated heterocycles. The first-order valence-corrected chi connectivity index (χ1v) is 10.1. The molecule has 0 bridgehead atoms. The minimum atomic E-state index is 0. The highest BCUT2D eigenvalue weighted by molar-refractivity contribution is 5.15. The van der Waals surface area contributed by atoms with Gasteiger partial charge in [-0.15, -0.1) is 0 Å². The largest absolute Gasteiger partial charge is 1.00 e. The molecule has 2 rings (SSSR count). The molecule has 0 fully saturated rings. The van der Waals surface area contributed by atoms with Gasteiger partial charge in [0.25, 0.3) is 0 Å². The topological polar surface area (TPSA) is 7.68 Å². The van der Waals surface area contributed by atoms with Crippen LogP contribution in [-0.4, -0.2) is 18.1 Å². The van der Waals surface area contributed by atoms with Crippen LogP contribution in [0.4, 0.5) is 0 Å². The Bertz CT molecular complexity index is 460. The van der Waals surface area contributed by atoms with Crippen molar-refractivity contribution in [3.8, 4) is 0 Å². The first-order chi connectivity index (χ1) is 11.8. The van der Waals surface area contributed by atoms with Gasteiger partial charge in [0.1, 0.15) is 6.20 Å². The van der Waals surface area contributed by atoms with Gasteiger partial charge in [-0.25, -0.2) is 0 Å². The molecule has 2 unspecified atom stereocenters. The minimum Gasteiger partial charge on any atom is -1.00 e. The Hall–Kier alpha value is -0.800. The fourth-order valence-electron chi connectivity index (χ4n) is 3.69. The van der Waals surface area contributed by atoms with E-state index in [1.807, 2.05) is 0 Å². The number of halogens is 1. The van der Waals surface area contributed by atoms with Crippen molar-refractivity contribution in [2.75, 3.05) is 7.05 Å². The smallest absolute Gasteiger partial charge is 0.167 e. The van der Waals surface area contributed by atoms with E-state index in [-0.39, 0.29) is 17.0 Å². The molecule has 2 nitrogen and oxygen atoms in total. The summed E-state index contributed by atoms with van der Waals surface area (Å²) in [5.41, 5.74) is 1.41. The van der Waals surface area contributed by atoms with Crippen LogP contribution in [0.25, 0.3) is 0 Å². The fraction of sp³-hybridized carbons (Fsp3) is 0.636. The molecule has 1 aliphatic rings. The zero-order valence-corrected chi connectivity index (χ0v) is 17.8. The molecule has 3 heteroatoms. The molecular weight excluding hydrogens is 372 g/mol. The molecule has 1 aliphatic heterocycles. The van der Waals surface area contributed by atoms with Crippen LogP contribution in [0.15, 0.2) is 42.7 Å². The SMILES string of the molecule is CCCCCCCCCCCC1N(Cc2ccccc2)C=C[NH+]1C.[Br-]. The third-order valence-corrected chi connectivity index (χ3v) is 5.24. The quantitative estimate of drug-likeness (QED) is 0.517. The summed E-state index contributed by atoms with van der Waals surface area (Å²) >= 11 is 0. The number of hydrogen-bond acceptors (Lipinski definition) is 1. The highest BCUT2D eigenvalue weighted by Crippen LogP contribution is 2.15. The Labute approximate surface area is 166 Å². The second-order valence-electron chi connectivity index (χ2n) is 7.35. The van der Waals surface area contributed by atoms with E-state index in [9.17, 15) is 0 Å². The van der Waals surface area contributed by atoms with E-state index >= 15 is 0 Å². The lowest BCUT2D eigenvalue weighted by atomic mass is 10.1. The van der Waals surface area contributed by atoms with Gasteiger partial charge in [-0.1, -0.05) is 88.6 Å². The third-order valence-electron chi connectivity index (χ3n) is 5.24. The molecule has 2 atom stereocenters. The molecule has 25 heavy (non-hydrogen) atoms. The lowest BCUT2D eigenvalue weighted by molar-refractivity contribution is -0.858. The van der Waals surface area contributed by atoms with Gasteiger partial charge in [0.2, 0.25) is 0 Å². The molecule has 0 saturated carbocycles. The minimum absolute atomic E-state index is 0. The predicted molar refractivity (Wildman–Crippen MR) is 104 cm³/mol. The van der Waals surface area contributed by atoms with Crippen LogP contribution in [0.1, 0.15) is 76.7 Å². The summed E-state index contributed by atoms with van der Waals surface area (Å²) in [5, 5.41) is 0. The number of benzene rings is 1. The average Bonchev–Trinajstić information content (AvgIpc) is 2.94. The van der Waals surface area contributed by atoms with E-state index in [0.29, 0.717) is 6.17 Å². The highest BCUT2D eigenvalue weighted by Gasteiger charge is 2.27.